The number of ether oxygens (including phenoxy) is 1. The lowest BCUT2D eigenvalue weighted by Crippen LogP contribution is -2.47. The number of carbonyl (C=O) groups is 2. The van der Waals surface area contributed by atoms with Crippen molar-refractivity contribution in [3.05, 3.63) is 22.9 Å². The molecule has 124 valence electrons. The quantitative estimate of drug-likeness (QED) is 0.798. The van der Waals surface area contributed by atoms with E-state index in [1.807, 2.05) is 20.8 Å². The topological polar surface area (TPSA) is 71.5 Å². The van der Waals surface area contributed by atoms with Crippen molar-refractivity contribution >= 4 is 33.6 Å². The van der Waals surface area contributed by atoms with E-state index in [0.29, 0.717) is 22.6 Å². The number of hydrogen-bond acceptors (Lipinski definition) is 4. The summed E-state index contributed by atoms with van der Waals surface area (Å²) < 4.78 is 6.10. The van der Waals surface area contributed by atoms with Gasteiger partial charge in [-0.05, 0) is 67.6 Å². The molecule has 0 spiro atoms. The molecule has 0 radical (unpaired) electrons. The van der Waals surface area contributed by atoms with Gasteiger partial charge in [-0.1, -0.05) is 0 Å². The Balaban J connectivity index is 1.71. The van der Waals surface area contributed by atoms with Crippen molar-refractivity contribution in [2.45, 2.75) is 51.3 Å². The summed E-state index contributed by atoms with van der Waals surface area (Å²) in [6, 6.07) is 3.12. The Labute approximate surface area is 143 Å². The van der Waals surface area contributed by atoms with Crippen LogP contribution >= 0.6 is 15.9 Å². The first kappa shape index (κ1) is 16.2. The maximum absolute atomic E-state index is 12.6. The van der Waals surface area contributed by atoms with Gasteiger partial charge < -0.3 is 10.1 Å². The van der Waals surface area contributed by atoms with Crippen LogP contribution in [0.25, 0.3) is 0 Å². The minimum absolute atomic E-state index is 0.143. The van der Waals surface area contributed by atoms with Gasteiger partial charge in [0.1, 0.15) is 16.2 Å². The van der Waals surface area contributed by atoms with Crippen molar-refractivity contribution in [1.82, 2.24) is 9.88 Å². The van der Waals surface area contributed by atoms with Crippen molar-refractivity contribution in [3.63, 3.8) is 0 Å². The van der Waals surface area contributed by atoms with Gasteiger partial charge in [-0.3, -0.25) is 9.69 Å². The molecule has 1 aliphatic carbocycles. The van der Waals surface area contributed by atoms with Crippen molar-refractivity contribution in [1.29, 1.82) is 0 Å². The summed E-state index contributed by atoms with van der Waals surface area (Å²) in [6.07, 6.45) is 2.86. The summed E-state index contributed by atoms with van der Waals surface area (Å²) >= 11 is 3.27. The van der Waals surface area contributed by atoms with Crippen LogP contribution in [-0.4, -0.2) is 39.6 Å². The van der Waals surface area contributed by atoms with Crippen molar-refractivity contribution in [2.24, 2.45) is 5.92 Å². The summed E-state index contributed by atoms with van der Waals surface area (Å²) in [5.41, 5.74) is 0.0858. The summed E-state index contributed by atoms with van der Waals surface area (Å²) in [6.45, 7) is 5.48. The van der Waals surface area contributed by atoms with E-state index in [2.05, 4.69) is 26.2 Å². The van der Waals surface area contributed by atoms with Crippen molar-refractivity contribution in [2.75, 3.05) is 5.32 Å². The van der Waals surface area contributed by atoms with Crippen LogP contribution in [0.3, 0.4) is 0 Å². The van der Waals surface area contributed by atoms with Crippen molar-refractivity contribution in [3.8, 4) is 0 Å². The molecule has 3 atom stereocenters. The standard InChI is InChI=1S/C16H20BrN3O3/c1-16(2,3)23-15(22)20-11-6-9(11)7-12(20)14(21)19-10-4-5-18-13(17)8-10/h4-5,8-9,11-12H,6-7H2,1-3H3,(H,18,19,21)/t9-,11-,12-/m1/s1. The summed E-state index contributed by atoms with van der Waals surface area (Å²) in [7, 11) is 0. The number of amides is 2. The molecule has 2 fully saturated rings. The molecule has 1 aromatic rings. The Bertz CT molecular complexity index is 644. The first-order valence-electron chi connectivity index (χ1n) is 7.68. The Morgan fingerprint density at radius 3 is 2.78 bits per heavy atom. The van der Waals surface area contributed by atoms with Gasteiger partial charge in [0.2, 0.25) is 5.91 Å². The lowest BCUT2D eigenvalue weighted by atomic mass is 10.1. The van der Waals surface area contributed by atoms with Crippen LogP contribution < -0.4 is 5.32 Å². The molecular formula is C16H20BrN3O3. The number of halogens is 1. The second-order valence-corrected chi connectivity index (χ2v) is 7.87. The average molecular weight is 382 g/mol. The molecule has 6 nitrogen and oxygen atoms in total. The predicted molar refractivity (Wildman–Crippen MR) is 88.9 cm³/mol. The third-order valence-corrected chi connectivity index (χ3v) is 4.44. The zero-order valence-corrected chi connectivity index (χ0v) is 15.0. The minimum atomic E-state index is -0.568. The molecule has 2 heterocycles. The highest BCUT2D eigenvalue weighted by atomic mass is 79.9. The lowest BCUT2D eigenvalue weighted by Gasteiger charge is -2.29. The van der Waals surface area contributed by atoms with Crippen LogP contribution in [0.5, 0.6) is 0 Å². The molecular weight excluding hydrogens is 362 g/mol. The van der Waals surface area contributed by atoms with Crippen LogP contribution in [0, 0.1) is 5.92 Å². The van der Waals surface area contributed by atoms with Crippen LogP contribution in [0.15, 0.2) is 22.9 Å². The van der Waals surface area contributed by atoms with Gasteiger partial charge in [-0.2, -0.15) is 0 Å². The van der Waals surface area contributed by atoms with Gasteiger partial charge in [-0.15, -0.1) is 0 Å². The second-order valence-electron chi connectivity index (χ2n) is 7.06. The predicted octanol–water partition coefficient (Wildman–Crippen LogP) is 3.18. The average Bonchev–Trinajstić information content (AvgIpc) is 3.06. The number of nitrogens with zero attached hydrogens (tertiary/aromatic N) is 2. The number of carbonyl (C=O) groups excluding carboxylic acids is 2. The summed E-state index contributed by atoms with van der Waals surface area (Å²) in [5.74, 6) is 0.239. The van der Waals surface area contributed by atoms with E-state index in [-0.39, 0.29) is 11.9 Å². The molecule has 1 aromatic heterocycles. The molecule has 3 rings (SSSR count). The third kappa shape index (κ3) is 3.65. The van der Waals surface area contributed by atoms with E-state index in [1.54, 1.807) is 23.2 Å². The molecule has 1 N–H and O–H groups in total. The van der Waals surface area contributed by atoms with Gasteiger partial charge in [0, 0.05) is 17.9 Å². The number of nitrogens with one attached hydrogen (secondary N) is 1. The molecule has 1 aliphatic heterocycles. The van der Waals surface area contributed by atoms with E-state index in [0.717, 1.165) is 6.42 Å². The van der Waals surface area contributed by atoms with E-state index in [4.69, 9.17) is 4.74 Å². The zero-order valence-electron chi connectivity index (χ0n) is 13.4. The first-order valence-corrected chi connectivity index (χ1v) is 8.47. The molecule has 0 unspecified atom stereocenters. The molecule has 0 aromatic carbocycles. The SMILES string of the molecule is CC(C)(C)OC(=O)N1[C@@H](C(=O)Nc2ccnc(Br)c2)C[C@H]2C[C@H]21. The van der Waals surface area contributed by atoms with Crippen molar-refractivity contribution < 1.29 is 14.3 Å². The highest BCUT2D eigenvalue weighted by Gasteiger charge is 2.57. The fourth-order valence-electron chi connectivity index (χ4n) is 2.97. The van der Waals surface area contributed by atoms with Gasteiger partial charge in [0.05, 0.1) is 0 Å². The molecule has 7 heteroatoms. The van der Waals surface area contributed by atoms with E-state index in [9.17, 15) is 9.59 Å². The maximum Gasteiger partial charge on any atom is 0.411 e. The Morgan fingerprint density at radius 2 is 2.13 bits per heavy atom. The summed E-state index contributed by atoms with van der Waals surface area (Å²) in [4.78, 5) is 30.6. The van der Waals surface area contributed by atoms with E-state index >= 15 is 0 Å². The lowest BCUT2D eigenvalue weighted by molar-refractivity contribution is -0.120. The Morgan fingerprint density at radius 1 is 1.39 bits per heavy atom. The minimum Gasteiger partial charge on any atom is -0.444 e. The van der Waals surface area contributed by atoms with E-state index < -0.39 is 17.7 Å². The molecule has 23 heavy (non-hydrogen) atoms. The fraction of sp³-hybridized carbons (Fsp3) is 0.562. The first-order chi connectivity index (χ1) is 10.7. The summed E-state index contributed by atoms with van der Waals surface area (Å²) in [5, 5.41) is 2.86. The smallest absolute Gasteiger partial charge is 0.411 e. The van der Waals surface area contributed by atoms with Gasteiger partial charge in [0.15, 0.2) is 0 Å². The van der Waals surface area contributed by atoms with Crippen LogP contribution in [-0.2, 0) is 9.53 Å². The maximum atomic E-state index is 12.6. The molecule has 0 bridgehead atoms. The zero-order chi connectivity index (χ0) is 16.8. The monoisotopic (exact) mass is 381 g/mol. The Kier molecular flexibility index (Phi) is 4.08. The molecule has 2 aliphatic rings. The normalized spacial score (nSPS) is 25.7. The molecule has 1 saturated carbocycles. The van der Waals surface area contributed by atoms with E-state index in [1.165, 1.54) is 0 Å². The number of hydrogen-bond donors (Lipinski definition) is 1. The largest absolute Gasteiger partial charge is 0.444 e. The fourth-order valence-corrected chi connectivity index (χ4v) is 3.34. The van der Waals surface area contributed by atoms with Crippen LogP contribution in [0.4, 0.5) is 10.5 Å². The number of fused-ring (bicyclic) bond motifs is 1. The van der Waals surface area contributed by atoms with Gasteiger partial charge >= 0.3 is 6.09 Å². The highest BCUT2D eigenvalue weighted by molar-refractivity contribution is 9.10. The molecule has 1 saturated heterocycles. The van der Waals surface area contributed by atoms with Crippen LogP contribution in [0.1, 0.15) is 33.6 Å². The second kappa shape index (κ2) is 5.78. The number of likely N-dealkylation sites (tertiary alicyclic amines) is 1. The number of piperidine rings is 1. The van der Waals surface area contributed by atoms with Crippen LogP contribution in [0.2, 0.25) is 0 Å². The number of anilines is 1. The number of rotatable bonds is 2. The third-order valence-electron chi connectivity index (χ3n) is 4.01. The number of aromatic nitrogens is 1. The van der Waals surface area contributed by atoms with Gasteiger partial charge in [0.25, 0.3) is 0 Å². The molecule has 2 amide bonds. The number of pyridine rings is 1. The Hall–Kier alpha value is -1.63. The highest BCUT2D eigenvalue weighted by Crippen LogP contribution is 2.48. The van der Waals surface area contributed by atoms with Gasteiger partial charge in [-0.25, -0.2) is 9.78 Å².